The Balaban J connectivity index is 1.61. The molecule has 0 saturated carbocycles. The Kier molecular flexibility index (Phi) is 6.72. The van der Waals surface area contributed by atoms with E-state index < -0.39 is 32.7 Å². The average molecular weight is 533 g/mol. The Morgan fingerprint density at radius 2 is 1.92 bits per heavy atom. The summed E-state index contributed by atoms with van der Waals surface area (Å²) in [5.41, 5.74) is -1.84. The van der Waals surface area contributed by atoms with E-state index in [-0.39, 0.29) is 39.9 Å². The predicted molar refractivity (Wildman–Crippen MR) is 138 cm³/mol. The van der Waals surface area contributed by atoms with E-state index in [9.17, 15) is 27.9 Å². The molecule has 12 heteroatoms. The molecule has 37 heavy (non-hydrogen) atoms. The zero-order valence-corrected chi connectivity index (χ0v) is 22.3. The molecule has 1 aliphatic heterocycles. The molecule has 0 aliphatic carbocycles. The number of hydrogen-bond acceptors (Lipinski definition) is 7. The van der Waals surface area contributed by atoms with E-state index in [0.29, 0.717) is 23.9 Å². The molecule has 0 radical (unpaired) electrons. The predicted octanol–water partition coefficient (Wildman–Crippen LogP) is 2.57. The largest absolute Gasteiger partial charge is 0.478 e. The van der Waals surface area contributed by atoms with E-state index in [1.165, 1.54) is 24.4 Å². The molecule has 2 aromatic heterocycles. The third-order valence-corrected chi connectivity index (χ3v) is 8.08. The first-order valence-corrected chi connectivity index (χ1v) is 13.5. The summed E-state index contributed by atoms with van der Waals surface area (Å²) in [6.45, 7) is 9.67. The average Bonchev–Trinajstić information content (AvgIpc) is 3.44. The molecule has 1 aromatic carbocycles. The molecule has 1 aliphatic rings. The van der Waals surface area contributed by atoms with E-state index in [2.05, 4.69) is 14.7 Å². The topological polar surface area (TPSA) is 162 Å². The van der Waals surface area contributed by atoms with Crippen molar-refractivity contribution in [2.24, 2.45) is 0 Å². The summed E-state index contributed by atoms with van der Waals surface area (Å²) in [4.78, 5) is 44.1. The van der Waals surface area contributed by atoms with Gasteiger partial charge in [-0.1, -0.05) is 0 Å². The number of carbonyl (C=O) groups excluding carboxylic acids is 1. The zero-order chi connectivity index (χ0) is 27.3. The summed E-state index contributed by atoms with van der Waals surface area (Å²) in [6.07, 6.45) is 2.73. The Bertz CT molecular complexity index is 1550. The second-order valence-corrected chi connectivity index (χ2v) is 12.6. The molecule has 1 fully saturated rings. The number of fused-ring (bicyclic) bond motifs is 3. The highest BCUT2D eigenvalue weighted by Crippen LogP contribution is 2.30. The molecular formula is C25H32N4O7S. The normalized spacial score (nSPS) is 17.5. The van der Waals surface area contributed by atoms with Gasteiger partial charge in [0, 0.05) is 35.1 Å². The number of aromatic carboxylic acids is 1. The number of carboxylic acid groups (broad SMARTS) is 1. The molecule has 3 aromatic rings. The molecule has 0 spiro atoms. The molecule has 3 heterocycles. The molecule has 4 N–H and O–H groups in total. The Morgan fingerprint density at radius 1 is 1.22 bits per heavy atom. The molecule has 1 saturated heterocycles. The van der Waals surface area contributed by atoms with Gasteiger partial charge >= 0.3 is 11.9 Å². The van der Waals surface area contributed by atoms with E-state index in [4.69, 9.17) is 4.74 Å². The van der Waals surface area contributed by atoms with Crippen molar-refractivity contribution in [1.82, 2.24) is 19.6 Å². The number of carboxylic acids is 1. The maximum absolute atomic E-state index is 13.3. The maximum atomic E-state index is 13.3. The van der Waals surface area contributed by atoms with Crippen molar-refractivity contribution in [2.45, 2.75) is 69.5 Å². The summed E-state index contributed by atoms with van der Waals surface area (Å²) in [5.74, 6) is -1.61. The fourth-order valence-corrected chi connectivity index (χ4v) is 5.93. The number of nitrogens with one attached hydrogen (secondary N) is 3. The second kappa shape index (κ2) is 9.26. The van der Waals surface area contributed by atoms with Gasteiger partial charge in [-0.05, 0) is 72.2 Å². The van der Waals surface area contributed by atoms with Gasteiger partial charge in [-0.15, -0.1) is 0 Å². The molecule has 0 bridgehead atoms. The van der Waals surface area contributed by atoms with Crippen LogP contribution < -0.4 is 10.3 Å². The third kappa shape index (κ3) is 5.13. The smallest absolute Gasteiger partial charge is 0.337 e. The van der Waals surface area contributed by atoms with Crippen molar-refractivity contribution in [2.75, 3.05) is 13.1 Å². The van der Waals surface area contributed by atoms with Crippen molar-refractivity contribution in [1.29, 1.82) is 0 Å². The fourth-order valence-electron chi connectivity index (χ4n) is 4.84. The van der Waals surface area contributed by atoms with Crippen LogP contribution in [0.5, 0.6) is 0 Å². The molecule has 200 valence electrons. The number of pyridine rings is 1. The molecular weight excluding hydrogens is 500 g/mol. The van der Waals surface area contributed by atoms with Crippen LogP contribution in [0.2, 0.25) is 0 Å². The number of rotatable bonds is 7. The highest BCUT2D eigenvalue weighted by molar-refractivity contribution is 7.89. The lowest BCUT2D eigenvalue weighted by atomic mass is 10.0. The van der Waals surface area contributed by atoms with Crippen LogP contribution >= 0.6 is 0 Å². The third-order valence-electron chi connectivity index (χ3n) is 6.66. The zero-order valence-electron chi connectivity index (χ0n) is 21.5. The number of nitrogens with zero attached hydrogens (tertiary/aromatic N) is 1. The molecule has 0 unspecified atom stereocenters. The van der Waals surface area contributed by atoms with Gasteiger partial charge in [-0.2, -0.15) is 0 Å². The number of aromatic nitrogens is 2. The number of aromatic amines is 2. The van der Waals surface area contributed by atoms with Crippen LogP contribution in [0.3, 0.4) is 0 Å². The van der Waals surface area contributed by atoms with E-state index in [1.807, 2.05) is 4.90 Å². The van der Waals surface area contributed by atoms with Crippen LogP contribution in [-0.4, -0.2) is 70.6 Å². The van der Waals surface area contributed by atoms with Crippen LogP contribution in [-0.2, 0) is 19.6 Å². The standard InChI is InChI=1S/C25H32N4O7S/c1-24(2,3)36-23(33)25(4,5)29-10-6-7-14(29)12-27-37(34,35)15-8-9-18-16(11-15)19-17(22(31)32)13-26-20(19)21(30)28-18/h8-9,11,13-14,26-27H,6-7,10,12H2,1-5H3,(H,28,30)(H,31,32)/t14-/m0/s1. The number of sulfonamides is 1. The highest BCUT2D eigenvalue weighted by Gasteiger charge is 2.43. The lowest BCUT2D eigenvalue weighted by Crippen LogP contribution is -2.56. The Hall–Kier alpha value is -3.22. The van der Waals surface area contributed by atoms with Crippen LogP contribution in [0.4, 0.5) is 0 Å². The first kappa shape index (κ1) is 26.8. The van der Waals surface area contributed by atoms with Gasteiger partial charge in [0.2, 0.25) is 10.0 Å². The van der Waals surface area contributed by atoms with E-state index in [1.54, 1.807) is 34.6 Å². The van der Waals surface area contributed by atoms with Gasteiger partial charge in [0.15, 0.2) is 0 Å². The van der Waals surface area contributed by atoms with Crippen LogP contribution in [0.25, 0.3) is 21.8 Å². The van der Waals surface area contributed by atoms with Crippen molar-refractivity contribution in [3.05, 3.63) is 40.3 Å². The lowest BCUT2D eigenvalue weighted by molar-refractivity contribution is -0.168. The second-order valence-electron chi connectivity index (χ2n) is 10.8. The number of likely N-dealkylation sites (tertiary alicyclic amines) is 1. The quantitative estimate of drug-likeness (QED) is 0.338. The number of hydrogen-bond donors (Lipinski definition) is 4. The monoisotopic (exact) mass is 532 g/mol. The Labute approximate surface area is 214 Å². The van der Waals surface area contributed by atoms with Gasteiger partial charge < -0.3 is 19.8 Å². The number of carbonyl (C=O) groups is 2. The minimum Gasteiger partial charge on any atom is -0.478 e. The summed E-state index contributed by atoms with van der Waals surface area (Å²) in [5, 5.41) is 9.99. The van der Waals surface area contributed by atoms with Crippen molar-refractivity contribution in [3.63, 3.8) is 0 Å². The summed E-state index contributed by atoms with van der Waals surface area (Å²) in [7, 11) is -3.99. The number of benzene rings is 1. The first-order chi connectivity index (χ1) is 17.1. The summed E-state index contributed by atoms with van der Waals surface area (Å²) < 4.78 is 34.7. The van der Waals surface area contributed by atoms with Crippen LogP contribution in [0.15, 0.2) is 34.1 Å². The van der Waals surface area contributed by atoms with Crippen molar-refractivity contribution in [3.8, 4) is 0 Å². The number of ether oxygens (including phenoxy) is 1. The molecule has 0 amide bonds. The number of H-pyrrole nitrogens is 2. The van der Waals surface area contributed by atoms with Crippen LogP contribution in [0, 0.1) is 0 Å². The molecule has 4 rings (SSSR count). The minimum absolute atomic E-state index is 0.0541. The summed E-state index contributed by atoms with van der Waals surface area (Å²) >= 11 is 0. The Morgan fingerprint density at radius 3 is 2.57 bits per heavy atom. The lowest BCUT2D eigenvalue weighted by Gasteiger charge is -2.39. The van der Waals surface area contributed by atoms with Crippen LogP contribution in [0.1, 0.15) is 57.8 Å². The minimum atomic E-state index is -3.99. The molecule has 1 atom stereocenters. The molecule has 11 nitrogen and oxygen atoms in total. The van der Waals surface area contributed by atoms with Crippen molar-refractivity contribution >= 4 is 43.8 Å². The van der Waals surface area contributed by atoms with E-state index in [0.717, 1.165) is 6.42 Å². The maximum Gasteiger partial charge on any atom is 0.337 e. The van der Waals surface area contributed by atoms with Gasteiger partial charge in [0.25, 0.3) is 5.56 Å². The highest BCUT2D eigenvalue weighted by atomic mass is 32.2. The first-order valence-electron chi connectivity index (χ1n) is 12.0. The van der Waals surface area contributed by atoms with Gasteiger partial charge in [0.05, 0.1) is 10.5 Å². The van der Waals surface area contributed by atoms with Crippen molar-refractivity contribution < 1.29 is 27.9 Å². The fraction of sp³-hybridized carbons (Fsp3) is 0.480. The van der Waals surface area contributed by atoms with Gasteiger partial charge in [-0.25, -0.2) is 17.9 Å². The van der Waals surface area contributed by atoms with Gasteiger partial charge in [0.1, 0.15) is 16.7 Å². The van der Waals surface area contributed by atoms with E-state index >= 15 is 0 Å². The van der Waals surface area contributed by atoms with Gasteiger partial charge in [-0.3, -0.25) is 14.5 Å². The summed E-state index contributed by atoms with van der Waals surface area (Å²) in [6, 6.07) is 3.94. The number of esters is 1. The SMILES string of the molecule is CC(C)(C)OC(=O)C(C)(C)N1CCC[C@H]1CNS(=O)(=O)c1ccc2[nH]c(=O)c3[nH]cc(C(=O)O)c3c2c1.